The molecule has 0 fully saturated rings. The fourth-order valence-corrected chi connectivity index (χ4v) is 3.16. The first-order valence-electron chi connectivity index (χ1n) is 7.32. The fraction of sp³-hybridized carbons (Fsp3) is 0.167. The first-order chi connectivity index (χ1) is 10.8. The van der Waals surface area contributed by atoms with E-state index in [9.17, 15) is 4.79 Å². The standard InChI is InChI=1S/C18H17IN2O/c19-16-8-3-2-7-15(16)18(22)20-11-5-12-21-13-10-14-6-1-4-9-17(14)21/h1-4,6-10,13H,5,11-12H2,(H,20,22). The monoisotopic (exact) mass is 404 g/mol. The van der Waals surface area contributed by atoms with Gasteiger partial charge in [0.05, 0.1) is 5.56 Å². The molecule has 0 unspecified atom stereocenters. The second-order valence-corrected chi connectivity index (χ2v) is 6.32. The summed E-state index contributed by atoms with van der Waals surface area (Å²) in [5.41, 5.74) is 1.99. The summed E-state index contributed by atoms with van der Waals surface area (Å²) in [5.74, 6) is 0.00219. The normalized spacial score (nSPS) is 10.8. The van der Waals surface area contributed by atoms with Crippen LogP contribution in [0.4, 0.5) is 0 Å². The number of carbonyl (C=O) groups is 1. The first-order valence-corrected chi connectivity index (χ1v) is 8.40. The van der Waals surface area contributed by atoms with Crippen LogP contribution in [-0.2, 0) is 6.54 Å². The molecule has 4 heteroatoms. The molecule has 0 atom stereocenters. The van der Waals surface area contributed by atoms with Crippen molar-refractivity contribution in [1.29, 1.82) is 0 Å². The van der Waals surface area contributed by atoms with Crippen molar-refractivity contribution in [1.82, 2.24) is 9.88 Å². The Bertz CT molecular complexity index is 794. The number of aryl methyl sites for hydroxylation is 1. The summed E-state index contributed by atoms with van der Waals surface area (Å²) in [5, 5.41) is 4.25. The van der Waals surface area contributed by atoms with Crippen LogP contribution in [0.2, 0.25) is 0 Å². The van der Waals surface area contributed by atoms with E-state index in [1.54, 1.807) is 0 Å². The van der Waals surface area contributed by atoms with Crippen LogP contribution in [0.5, 0.6) is 0 Å². The van der Waals surface area contributed by atoms with Crippen molar-refractivity contribution < 1.29 is 4.79 Å². The lowest BCUT2D eigenvalue weighted by Crippen LogP contribution is -2.25. The molecule has 0 radical (unpaired) electrons. The van der Waals surface area contributed by atoms with Gasteiger partial charge in [0.1, 0.15) is 0 Å². The van der Waals surface area contributed by atoms with Gasteiger partial charge in [-0.05, 0) is 58.7 Å². The van der Waals surface area contributed by atoms with Gasteiger partial charge in [-0.1, -0.05) is 30.3 Å². The van der Waals surface area contributed by atoms with E-state index in [2.05, 4.69) is 62.9 Å². The van der Waals surface area contributed by atoms with Gasteiger partial charge in [0.25, 0.3) is 5.91 Å². The molecule has 0 aliphatic heterocycles. The number of nitrogens with zero attached hydrogens (tertiary/aromatic N) is 1. The smallest absolute Gasteiger partial charge is 0.252 e. The molecular formula is C18H17IN2O. The molecular weight excluding hydrogens is 387 g/mol. The summed E-state index contributed by atoms with van der Waals surface area (Å²) in [7, 11) is 0. The predicted octanol–water partition coefficient (Wildman–Crippen LogP) is 4.07. The van der Waals surface area contributed by atoms with E-state index < -0.39 is 0 Å². The number of aromatic nitrogens is 1. The predicted molar refractivity (Wildman–Crippen MR) is 98.0 cm³/mol. The Hall–Kier alpha value is -1.82. The number of para-hydroxylation sites is 1. The third kappa shape index (κ3) is 3.32. The molecule has 0 aliphatic carbocycles. The van der Waals surface area contributed by atoms with Crippen molar-refractivity contribution in [2.75, 3.05) is 6.54 Å². The minimum atomic E-state index is 0.00219. The van der Waals surface area contributed by atoms with Crippen molar-refractivity contribution in [2.24, 2.45) is 0 Å². The molecule has 0 saturated carbocycles. The molecule has 0 bridgehead atoms. The second-order valence-electron chi connectivity index (χ2n) is 5.16. The average Bonchev–Trinajstić information content (AvgIpc) is 2.95. The zero-order chi connectivity index (χ0) is 15.4. The quantitative estimate of drug-likeness (QED) is 0.505. The Morgan fingerprint density at radius 3 is 2.68 bits per heavy atom. The number of nitrogens with one attached hydrogen (secondary N) is 1. The van der Waals surface area contributed by atoms with Crippen molar-refractivity contribution in [2.45, 2.75) is 13.0 Å². The van der Waals surface area contributed by atoms with Crippen molar-refractivity contribution in [3.8, 4) is 0 Å². The van der Waals surface area contributed by atoms with E-state index in [-0.39, 0.29) is 5.91 Å². The third-order valence-electron chi connectivity index (χ3n) is 3.66. The largest absolute Gasteiger partial charge is 0.352 e. The van der Waals surface area contributed by atoms with Gasteiger partial charge in [-0.3, -0.25) is 4.79 Å². The maximum Gasteiger partial charge on any atom is 0.252 e. The van der Waals surface area contributed by atoms with Gasteiger partial charge in [0.15, 0.2) is 0 Å². The molecule has 1 heterocycles. The zero-order valence-electron chi connectivity index (χ0n) is 12.1. The Labute approximate surface area is 143 Å². The molecule has 0 aliphatic rings. The minimum Gasteiger partial charge on any atom is -0.352 e. The summed E-state index contributed by atoms with van der Waals surface area (Å²) in [6.45, 7) is 1.58. The second kappa shape index (κ2) is 6.96. The van der Waals surface area contributed by atoms with Crippen LogP contribution in [0.3, 0.4) is 0 Å². The van der Waals surface area contributed by atoms with Crippen LogP contribution >= 0.6 is 22.6 Å². The van der Waals surface area contributed by atoms with Gasteiger partial charge in [-0.2, -0.15) is 0 Å². The molecule has 1 aromatic heterocycles. The van der Waals surface area contributed by atoms with Crippen LogP contribution in [0.25, 0.3) is 10.9 Å². The molecule has 3 nitrogen and oxygen atoms in total. The SMILES string of the molecule is O=C(NCCCn1ccc2ccccc21)c1ccccc1I. The Balaban J connectivity index is 1.54. The number of hydrogen-bond acceptors (Lipinski definition) is 1. The number of fused-ring (bicyclic) bond motifs is 1. The number of hydrogen-bond donors (Lipinski definition) is 1. The first kappa shape index (κ1) is 15.1. The average molecular weight is 404 g/mol. The topological polar surface area (TPSA) is 34.0 Å². The highest BCUT2D eigenvalue weighted by atomic mass is 127. The maximum absolute atomic E-state index is 12.1. The molecule has 22 heavy (non-hydrogen) atoms. The van der Waals surface area contributed by atoms with E-state index >= 15 is 0 Å². The molecule has 1 amide bonds. The number of halogens is 1. The van der Waals surface area contributed by atoms with E-state index in [4.69, 9.17) is 0 Å². The van der Waals surface area contributed by atoms with Gasteiger partial charge in [0, 0.05) is 28.4 Å². The summed E-state index contributed by atoms with van der Waals surface area (Å²) in [6, 6.07) is 18.1. The molecule has 112 valence electrons. The van der Waals surface area contributed by atoms with Crippen molar-refractivity contribution in [3.63, 3.8) is 0 Å². The van der Waals surface area contributed by atoms with E-state index in [1.165, 1.54) is 10.9 Å². The summed E-state index contributed by atoms with van der Waals surface area (Å²) >= 11 is 2.19. The Morgan fingerprint density at radius 2 is 1.82 bits per heavy atom. The molecule has 3 aromatic rings. The number of amides is 1. The van der Waals surface area contributed by atoms with Crippen LogP contribution in [0, 0.1) is 3.57 Å². The number of carbonyl (C=O) groups excluding carboxylic acids is 1. The fourth-order valence-electron chi connectivity index (χ4n) is 2.53. The Morgan fingerprint density at radius 1 is 1.05 bits per heavy atom. The summed E-state index contributed by atoms with van der Waals surface area (Å²) in [6.07, 6.45) is 3.01. The van der Waals surface area contributed by atoms with Gasteiger partial charge < -0.3 is 9.88 Å². The highest BCUT2D eigenvalue weighted by Gasteiger charge is 2.08. The third-order valence-corrected chi connectivity index (χ3v) is 4.60. The molecule has 2 aromatic carbocycles. The number of rotatable bonds is 5. The van der Waals surface area contributed by atoms with Crippen LogP contribution < -0.4 is 5.32 Å². The summed E-state index contributed by atoms with van der Waals surface area (Å²) < 4.78 is 3.21. The number of benzene rings is 2. The molecule has 3 rings (SSSR count). The molecule has 1 N–H and O–H groups in total. The highest BCUT2D eigenvalue weighted by molar-refractivity contribution is 14.1. The highest BCUT2D eigenvalue weighted by Crippen LogP contribution is 2.15. The van der Waals surface area contributed by atoms with Crippen LogP contribution in [0.1, 0.15) is 16.8 Å². The lowest BCUT2D eigenvalue weighted by molar-refractivity contribution is 0.0952. The zero-order valence-corrected chi connectivity index (χ0v) is 14.3. The molecule has 0 saturated heterocycles. The van der Waals surface area contributed by atoms with E-state index in [0.29, 0.717) is 6.54 Å². The van der Waals surface area contributed by atoms with Crippen LogP contribution in [-0.4, -0.2) is 17.0 Å². The lowest BCUT2D eigenvalue weighted by atomic mass is 10.2. The van der Waals surface area contributed by atoms with Gasteiger partial charge >= 0.3 is 0 Å². The van der Waals surface area contributed by atoms with Crippen LogP contribution in [0.15, 0.2) is 60.8 Å². The maximum atomic E-state index is 12.1. The lowest BCUT2D eigenvalue weighted by Gasteiger charge is -2.08. The van der Waals surface area contributed by atoms with Gasteiger partial charge in [-0.15, -0.1) is 0 Å². The Kier molecular flexibility index (Phi) is 4.77. The minimum absolute atomic E-state index is 0.00219. The summed E-state index contributed by atoms with van der Waals surface area (Å²) in [4.78, 5) is 12.1. The van der Waals surface area contributed by atoms with Gasteiger partial charge in [-0.25, -0.2) is 0 Å². The van der Waals surface area contributed by atoms with Crippen molar-refractivity contribution >= 4 is 39.4 Å². The van der Waals surface area contributed by atoms with E-state index in [0.717, 1.165) is 22.1 Å². The van der Waals surface area contributed by atoms with Gasteiger partial charge in [0.2, 0.25) is 0 Å². The van der Waals surface area contributed by atoms with E-state index in [1.807, 2.05) is 30.3 Å². The van der Waals surface area contributed by atoms with Crippen molar-refractivity contribution in [3.05, 3.63) is 69.9 Å². The molecule has 0 spiro atoms.